The SMILES string of the molecule is C=C1C=CC2C(C)CC(CI)CC(C)C12. The fourth-order valence-corrected chi connectivity index (χ4v) is 4.30. The summed E-state index contributed by atoms with van der Waals surface area (Å²) >= 11 is 2.55. The second-order valence-electron chi connectivity index (χ2n) is 5.48. The molecule has 0 aromatic rings. The Balaban J connectivity index is 2.21. The number of alkyl halides is 1. The highest BCUT2D eigenvalue weighted by atomic mass is 127. The van der Waals surface area contributed by atoms with Crippen LogP contribution in [-0.2, 0) is 0 Å². The molecule has 15 heavy (non-hydrogen) atoms. The maximum atomic E-state index is 4.23. The summed E-state index contributed by atoms with van der Waals surface area (Å²) in [7, 11) is 0. The molecule has 5 unspecified atom stereocenters. The van der Waals surface area contributed by atoms with Gasteiger partial charge in [0.15, 0.2) is 0 Å². The molecule has 0 amide bonds. The van der Waals surface area contributed by atoms with Crippen molar-refractivity contribution in [3.8, 4) is 0 Å². The summed E-state index contributed by atoms with van der Waals surface area (Å²) in [6.45, 7) is 9.08. The third-order valence-corrected chi connectivity index (χ3v) is 5.52. The number of hydrogen-bond acceptors (Lipinski definition) is 0. The average Bonchev–Trinajstić information content (AvgIpc) is 2.53. The lowest BCUT2D eigenvalue weighted by Gasteiger charge is -2.26. The molecule has 0 aromatic carbocycles. The first-order valence-electron chi connectivity index (χ1n) is 6.06. The Morgan fingerprint density at radius 1 is 1.33 bits per heavy atom. The number of halogens is 1. The van der Waals surface area contributed by atoms with Crippen molar-refractivity contribution < 1.29 is 0 Å². The van der Waals surface area contributed by atoms with Gasteiger partial charge in [-0.2, -0.15) is 0 Å². The summed E-state index contributed by atoms with van der Waals surface area (Å²) in [5.41, 5.74) is 1.38. The molecule has 0 bridgehead atoms. The summed E-state index contributed by atoms with van der Waals surface area (Å²) in [4.78, 5) is 0. The van der Waals surface area contributed by atoms with E-state index in [1.54, 1.807) is 0 Å². The van der Waals surface area contributed by atoms with Crippen molar-refractivity contribution in [2.75, 3.05) is 4.43 Å². The van der Waals surface area contributed by atoms with Crippen molar-refractivity contribution in [1.29, 1.82) is 0 Å². The Morgan fingerprint density at radius 3 is 2.67 bits per heavy atom. The zero-order valence-corrected chi connectivity index (χ0v) is 11.9. The third-order valence-electron chi connectivity index (χ3n) is 4.27. The van der Waals surface area contributed by atoms with E-state index < -0.39 is 0 Å². The van der Waals surface area contributed by atoms with E-state index in [9.17, 15) is 0 Å². The molecule has 0 nitrogen and oxygen atoms in total. The Bertz CT molecular complexity index is 279. The topological polar surface area (TPSA) is 0 Å². The van der Waals surface area contributed by atoms with Crippen molar-refractivity contribution >= 4 is 22.6 Å². The van der Waals surface area contributed by atoms with E-state index >= 15 is 0 Å². The van der Waals surface area contributed by atoms with Crippen LogP contribution in [0.2, 0.25) is 0 Å². The second kappa shape index (κ2) is 4.60. The molecular weight excluding hydrogens is 295 g/mol. The van der Waals surface area contributed by atoms with Crippen molar-refractivity contribution in [3.63, 3.8) is 0 Å². The van der Waals surface area contributed by atoms with Crippen LogP contribution in [0.15, 0.2) is 24.3 Å². The van der Waals surface area contributed by atoms with Crippen molar-refractivity contribution in [3.05, 3.63) is 24.3 Å². The predicted octanol–water partition coefficient (Wildman–Crippen LogP) is 4.46. The lowest BCUT2D eigenvalue weighted by Crippen LogP contribution is -2.20. The van der Waals surface area contributed by atoms with Crippen molar-refractivity contribution in [2.24, 2.45) is 29.6 Å². The van der Waals surface area contributed by atoms with Crippen LogP contribution in [0.4, 0.5) is 0 Å². The zero-order valence-electron chi connectivity index (χ0n) is 9.75. The van der Waals surface area contributed by atoms with Crippen LogP contribution < -0.4 is 0 Å². The number of fused-ring (bicyclic) bond motifs is 1. The summed E-state index contributed by atoms with van der Waals surface area (Å²) in [6.07, 6.45) is 7.50. The molecule has 0 spiro atoms. The summed E-state index contributed by atoms with van der Waals surface area (Å²) < 4.78 is 1.32. The van der Waals surface area contributed by atoms with E-state index in [1.165, 1.54) is 22.8 Å². The number of allylic oxidation sites excluding steroid dienone is 3. The molecule has 0 N–H and O–H groups in total. The third kappa shape index (κ3) is 2.17. The van der Waals surface area contributed by atoms with E-state index in [4.69, 9.17) is 0 Å². The molecule has 0 heterocycles. The van der Waals surface area contributed by atoms with Crippen LogP contribution in [0.25, 0.3) is 0 Å². The minimum Gasteiger partial charge on any atom is -0.0955 e. The van der Waals surface area contributed by atoms with Gasteiger partial charge in [0.2, 0.25) is 0 Å². The van der Waals surface area contributed by atoms with Gasteiger partial charge < -0.3 is 0 Å². The van der Waals surface area contributed by atoms with Crippen LogP contribution >= 0.6 is 22.6 Å². The standard InChI is InChI=1S/C14H21I/c1-9-4-5-13-10(2)6-12(8-15)7-11(3)14(9)13/h4-5,10-14H,1,6-8H2,2-3H3. The first-order valence-corrected chi connectivity index (χ1v) is 7.59. The molecular formula is C14H21I. The molecule has 0 saturated heterocycles. The lowest BCUT2D eigenvalue weighted by molar-refractivity contribution is 0.299. The fraction of sp³-hybridized carbons (Fsp3) is 0.714. The normalized spacial score (nSPS) is 45.3. The van der Waals surface area contributed by atoms with Gasteiger partial charge in [-0.3, -0.25) is 0 Å². The van der Waals surface area contributed by atoms with Gasteiger partial charge in [0.1, 0.15) is 0 Å². The molecule has 2 rings (SSSR count). The fourth-order valence-electron chi connectivity index (χ4n) is 3.58. The largest absolute Gasteiger partial charge is 0.0955 e. The first kappa shape index (κ1) is 11.7. The number of rotatable bonds is 1. The van der Waals surface area contributed by atoms with Crippen LogP contribution in [0.3, 0.4) is 0 Å². The molecule has 2 aliphatic carbocycles. The summed E-state index contributed by atoms with van der Waals surface area (Å²) in [5, 5.41) is 0. The van der Waals surface area contributed by atoms with Crippen LogP contribution in [0.1, 0.15) is 26.7 Å². The Kier molecular flexibility index (Phi) is 3.59. The van der Waals surface area contributed by atoms with Gasteiger partial charge in [-0.25, -0.2) is 0 Å². The Labute approximate surface area is 107 Å². The minimum absolute atomic E-state index is 0.743. The van der Waals surface area contributed by atoms with Gasteiger partial charge >= 0.3 is 0 Å². The quantitative estimate of drug-likeness (QED) is 0.495. The molecule has 0 radical (unpaired) electrons. The van der Waals surface area contributed by atoms with Crippen molar-refractivity contribution in [2.45, 2.75) is 26.7 Å². The van der Waals surface area contributed by atoms with Crippen LogP contribution in [0.5, 0.6) is 0 Å². The van der Waals surface area contributed by atoms with Crippen LogP contribution in [0, 0.1) is 29.6 Å². The van der Waals surface area contributed by atoms with Gasteiger partial charge in [0.25, 0.3) is 0 Å². The molecule has 0 aliphatic heterocycles. The molecule has 84 valence electrons. The zero-order chi connectivity index (χ0) is 11.0. The van der Waals surface area contributed by atoms with Crippen LogP contribution in [-0.4, -0.2) is 4.43 Å². The number of hydrogen-bond donors (Lipinski definition) is 0. The first-order chi connectivity index (χ1) is 7.13. The maximum Gasteiger partial charge on any atom is 0.00239 e. The highest BCUT2D eigenvalue weighted by Gasteiger charge is 2.38. The predicted molar refractivity (Wildman–Crippen MR) is 75.2 cm³/mol. The maximum absolute atomic E-state index is 4.23. The second-order valence-corrected chi connectivity index (χ2v) is 6.36. The van der Waals surface area contributed by atoms with Gasteiger partial charge in [-0.15, -0.1) is 0 Å². The van der Waals surface area contributed by atoms with E-state index in [0.29, 0.717) is 0 Å². The summed E-state index contributed by atoms with van der Waals surface area (Å²) in [6, 6.07) is 0. The Morgan fingerprint density at radius 2 is 2.00 bits per heavy atom. The lowest BCUT2D eigenvalue weighted by atomic mass is 9.78. The molecule has 0 aromatic heterocycles. The summed E-state index contributed by atoms with van der Waals surface area (Å²) in [5.74, 6) is 4.12. The molecule has 5 atom stereocenters. The highest BCUT2D eigenvalue weighted by molar-refractivity contribution is 14.1. The van der Waals surface area contributed by atoms with E-state index in [-0.39, 0.29) is 0 Å². The van der Waals surface area contributed by atoms with Crippen molar-refractivity contribution in [1.82, 2.24) is 0 Å². The molecule has 1 saturated carbocycles. The van der Waals surface area contributed by atoms with Gasteiger partial charge in [-0.1, -0.05) is 60.7 Å². The van der Waals surface area contributed by atoms with Gasteiger partial charge in [-0.05, 0) is 42.4 Å². The van der Waals surface area contributed by atoms with E-state index in [0.717, 1.165) is 29.6 Å². The average molecular weight is 316 g/mol. The molecule has 2 aliphatic rings. The highest BCUT2D eigenvalue weighted by Crippen LogP contribution is 2.46. The van der Waals surface area contributed by atoms with E-state index in [1.807, 2.05) is 0 Å². The van der Waals surface area contributed by atoms with E-state index in [2.05, 4.69) is 55.2 Å². The molecule has 1 heteroatoms. The Hall–Kier alpha value is 0.210. The monoisotopic (exact) mass is 316 g/mol. The molecule has 1 fully saturated rings. The minimum atomic E-state index is 0.743. The van der Waals surface area contributed by atoms with Gasteiger partial charge in [0, 0.05) is 4.43 Å². The van der Waals surface area contributed by atoms with Gasteiger partial charge in [0.05, 0.1) is 0 Å². The smallest absolute Gasteiger partial charge is 0.00239 e.